The standard InChI is InChI=1S/C13H14BrFN2OS/c14-9-4-3-8(7-10(9)15)11(18)17-13(12(16)19)5-1-2-6-13/h3-4,7H,1-2,5-6H2,(H2,16,19)(H,17,18). The SMILES string of the molecule is NC(=S)C1(NC(=O)c2ccc(Br)c(F)c2)CCCC1. The normalized spacial score (nSPS) is 17.2. The first-order valence-corrected chi connectivity index (χ1v) is 7.22. The van der Waals surface area contributed by atoms with Crippen LogP contribution in [0.15, 0.2) is 22.7 Å². The molecule has 3 nitrogen and oxygen atoms in total. The molecule has 3 N–H and O–H groups in total. The van der Waals surface area contributed by atoms with Crippen molar-refractivity contribution in [2.45, 2.75) is 31.2 Å². The first-order valence-electron chi connectivity index (χ1n) is 6.02. The van der Waals surface area contributed by atoms with Crippen molar-refractivity contribution in [2.24, 2.45) is 5.73 Å². The van der Waals surface area contributed by atoms with Crippen molar-refractivity contribution in [3.8, 4) is 0 Å². The van der Waals surface area contributed by atoms with Gasteiger partial charge in [-0.1, -0.05) is 25.1 Å². The summed E-state index contributed by atoms with van der Waals surface area (Å²) in [5, 5.41) is 2.87. The number of hydrogen-bond acceptors (Lipinski definition) is 2. The van der Waals surface area contributed by atoms with E-state index in [1.165, 1.54) is 12.1 Å². The van der Waals surface area contributed by atoms with Crippen molar-refractivity contribution in [2.75, 3.05) is 0 Å². The van der Waals surface area contributed by atoms with E-state index in [1.54, 1.807) is 6.07 Å². The largest absolute Gasteiger partial charge is 0.391 e. The second kappa shape index (κ2) is 5.54. The highest BCUT2D eigenvalue weighted by molar-refractivity contribution is 9.10. The summed E-state index contributed by atoms with van der Waals surface area (Å²) in [6.45, 7) is 0. The first-order chi connectivity index (χ1) is 8.94. The average Bonchev–Trinajstić information content (AvgIpc) is 2.82. The van der Waals surface area contributed by atoms with E-state index in [2.05, 4.69) is 21.2 Å². The highest BCUT2D eigenvalue weighted by Gasteiger charge is 2.38. The highest BCUT2D eigenvalue weighted by atomic mass is 79.9. The number of halogens is 2. The minimum atomic E-state index is -0.615. The fourth-order valence-electron chi connectivity index (χ4n) is 2.34. The lowest BCUT2D eigenvalue weighted by atomic mass is 9.97. The zero-order valence-corrected chi connectivity index (χ0v) is 12.6. The molecule has 0 bridgehead atoms. The first kappa shape index (κ1) is 14.4. The third-order valence-corrected chi connectivity index (χ3v) is 4.50. The Morgan fingerprint density at radius 3 is 2.58 bits per heavy atom. The third kappa shape index (κ3) is 2.95. The summed E-state index contributed by atoms with van der Waals surface area (Å²) >= 11 is 8.12. The molecule has 0 spiro atoms. The van der Waals surface area contributed by atoms with E-state index in [0.29, 0.717) is 9.46 Å². The van der Waals surface area contributed by atoms with E-state index in [4.69, 9.17) is 18.0 Å². The number of nitrogens with one attached hydrogen (secondary N) is 1. The average molecular weight is 345 g/mol. The van der Waals surface area contributed by atoms with Gasteiger partial charge in [-0.2, -0.15) is 0 Å². The Hall–Kier alpha value is -1.01. The van der Waals surface area contributed by atoms with Crippen LogP contribution in [0, 0.1) is 5.82 Å². The van der Waals surface area contributed by atoms with Crippen molar-refractivity contribution in [1.82, 2.24) is 5.32 Å². The number of amides is 1. The molecule has 1 aliphatic rings. The molecule has 0 saturated heterocycles. The van der Waals surface area contributed by atoms with Crippen molar-refractivity contribution in [3.05, 3.63) is 34.1 Å². The molecular formula is C13H14BrFN2OS. The molecule has 2 rings (SSSR count). The Bertz CT molecular complexity index is 529. The molecule has 1 fully saturated rings. The summed E-state index contributed by atoms with van der Waals surface area (Å²) in [6.07, 6.45) is 3.44. The van der Waals surface area contributed by atoms with E-state index < -0.39 is 11.4 Å². The molecule has 102 valence electrons. The molecular weight excluding hydrogens is 331 g/mol. The van der Waals surface area contributed by atoms with Crippen molar-refractivity contribution >= 4 is 39.0 Å². The Labute approximate surface area is 124 Å². The number of carbonyl (C=O) groups is 1. The van der Waals surface area contributed by atoms with Crippen LogP contribution in [0.3, 0.4) is 0 Å². The van der Waals surface area contributed by atoms with Crippen molar-refractivity contribution in [3.63, 3.8) is 0 Å². The summed E-state index contributed by atoms with van der Waals surface area (Å²) in [6, 6.07) is 4.26. The van der Waals surface area contributed by atoms with Gasteiger partial charge in [0.25, 0.3) is 5.91 Å². The number of nitrogens with two attached hydrogens (primary N) is 1. The molecule has 0 unspecified atom stereocenters. The highest BCUT2D eigenvalue weighted by Crippen LogP contribution is 2.30. The van der Waals surface area contributed by atoms with Crippen LogP contribution in [0.2, 0.25) is 0 Å². The molecule has 1 amide bonds. The molecule has 19 heavy (non-hydrogen) atoms. The predicted molar refractivity (Wildman–Crippen MR) is 79.6 cm³/mol. The van der Waals surface area contributed by atoms with Crippen LogP contribution in [0.5, 0.6) is 0 Å². The Balaban J connectivity index is 2.20. The Kier molecular flexibility index (Phi) is 4.20. The summed E-state index contributed by atoms with van der Waals surface area (Å²) in [4.78, 5) is 12.5. The quantitative estimate of drug-likeness (QED) is 0.829. The molecule has 0 atom stereocenters. The minimum Gasteiger partial charge on any atom is -0.391 e. The van der Waals surface area contributed by atoms with Gasteiger partial charge in [-0.25, -0.2) is 4.39 Å². The fourth-order valence-corrected chi connectivity index (χ4v) is 2.84. The van der Waals surface area contributed by atoms with Crippen molar-refractivity contribution in [1.29, 1.82) is 0 Å². The molecule has 1 aromatic rings. The second-order valence-electron chi connectivity index (χ2n) is 4.74. The van der Waals surface area contributed by atoms with Crippen LogP contribution >= 0.6 is 28.1 Å². The van der Waals surface area contributed by atoms with E-state index in [-0.39, 0.29) is 11.5 Å². The lowest BCUT2D eigenvalue weighted by molar-refractivity contribution is 0.0924. The van der Waals surface area contributed by atoms with E-state index >= 15 is 0 Å². The lowest BCUT2D eigenvalue weighted by Crippen LogP contribution is -2.54. The van der Waals surface area contributed by atoms with Crippen LogP contribution in [0.1, 0.15) is 36.0 Å². The van der Waals surface area contributed by atoms with Gasteiger partial charge in [0, 0.05) is 5.56 Å². The third-order valence-electron chi connectivity index (χ3n) is 3.46. The van der Waals surface area contributed by atoms with Crippen LogP contribution in [-0.4, -0.2) is 16.4 Å². The maximum Gasteiger partial charge on any atom is 0.252 e. The van der Waals surface area contributed by atoms with Gasteiger partial charge < -0.3 is 11.1 Å². The summed E-state index contributed by atoms with van der Waals surface area (Å²) in [5.74, 6) is -0.815. The fraction of sp³-hybridized carbons (Fsp3) is 0.385. The van der Waals surface area contributed by atoms with E-state index in [0.717, 1.165) is 25.7 Å². The molecule has 1 aromatic carbocycles. The van der Waals surface area contributed by atoms with E-state index in [9.17, 15) is 9.18 Å². The number of rotatable bonds is 3. The topological polar surface area (TPSA) is 55.1 Å². The van der Waals surface area contributed by atoms with Gasteiger partial charge in [0.1, 0.15) is 5.82 Å². The molecule has 0 aromatic heterocycles. The summed E-state index contributed by atoms with van der Waals surface area (Å²) < 4.78 is 13.8. The number of thiocarbonyl (C=S) groups is 1. The molecule has 0 heterocycles. The van der Waals surface area contributed by atoms with E-state index in [1.807, 2.05) is 0 Å². The predicted octanol–water partition coefficient (Wildman–Crippen LogP) is 2.92. The number of carbonyl (C=O) groups excluding carboxylic acids is 1. The van der Waals surface area contributed by atoms with Crippen molar-refractivity contribution < 1.29 is 9.18 Å². The molecule has 0 aliphatic heterocycles. The number of hydrogen-bond donors (Lipinski definition) is 2. The molecule has 0 radical (unpaired) electrons. The molecule has 1 aliphatic carbocycles. The van der Waals surface area contributed by atoms with Gasteiger partial charge in [-0.15, -0.1) is 0 Å². The Morgan fingerprint density at radius 2 is 2.05 bits per heavy atom. The monoisotopic (exact) mass is 344 g/mol. The van der Waals surface area contributed by atoms with Gasteiger partial charge >= 0.3 is 0 Å². The maximum atomic E-state index is 13.4. The Morgan fingerprint density at radius 1 is 1.42 bits per heavy atom. The smallest absolute Gasteiger partial charge is 0.252 e. The summed E-state index contributed by atoms with van der Waals surface area (Å²) in [7, 11) is 0. The summed E-state index contributed by atoms with van der Waals surface area (Å²) in [5.41, 5.74) is 5.40. The van der Waals surface area contributed by atoms with Crippen LogP contribution in [0.4, 0.5) is 4.39 Å². The maximum absolute atomic E-state index is 13.4. The minimum absolute atomic E-state index is 0.267. The van der Waals surface area contributed by atoms with Gasteiger partial charge in [-0.3, -0.25) is 4.79 Å². The van der Waals surface area contributed by atoms with Crippen LogP contribution in [-0.2, 0) is 0 Å². The second-order valence-corrected chi connectivity index (χ2v) is 6.03. The van der Waals surface area contributed by atoms with Gasteiger partial charge in [-0.05, 0) is 47.0 Å². The zero-order valence-electron chi connectivity index (χ0n) is 10.2. The number of benzene rings is 1. The molecule has 6 heteroatoms. The van der Waals surface area contributed by atoms with Gasteiger partial charge in [0.2, 0.25) is 0 Å². The van der Waals surface area contributed by atoms with Crippen LogP contribution < -0.4 is 11.1 Å². The lowest BCUT2D eigenvalue weighted by Gasteiger charge is -2.29. The van der Waals surface area contributed by atoms with Crippen LogP contribution in [0.25, 0.3) is 0 Å². The molecule has 1 saturated carbocycles. The van der Waals surface area contributed by atoms with Gasteiger partial charge in [0.15, 0.2) is 0 Å². The van der Waals surface area contributed by atoms with Gasteiger partial charge in [0.05, 0.1) is 15.0 Å². The zero-order chi connectivity index (χ0) is 14.0.